The Morgan fingerprint density at radius 3 is 2.16 bits per heavy atom. The van der Waals surface area contributed by atoms with Crippen LogP contribution in [0.25, 0.3) is 16.7 Å². The van der Waals surface area contributed by atoms with Crippen molar-refractivity contribution < 1.29 is 4.74 Å². The summed E-state index contributed by atoms with van der Waals surface area (Å²) < 4.78 is 6.43. The van der Waals surface area contributed by atoms with Crippen LogP contribution < -0.4 is 0 Å². The average molecular weight is 590 g/mol. The molecule has 1 fully saturated rings. The van der Waals surface area contributed by atoms with Crippen LogP contribution in [0.3, 0.4) is 0 Å². The predicted octanol–water partition coefficient (Wildman–Crippen LogP) is 10.7. The maximum absolute atomic E-state index is 6.43. The van der Waals surface area contributed by atoms with Crippen LogP contribution >= 0.6 is 0 Å². The molecule has 2 nitrogen and oxygen atoms in total. The number of ether oxygens (including phenoxy) is 1. The first-order valence-corrected chi connectivity index (χ1v) is 17.9. The van der Waals surface area contributed by atoms with E-state index in [1.807, 2.05) is 0 Å². The van der Waals surface area contributed by atoms with Crippen LogP contribution in [0.1, 0.15) is 133 Å². The van der Waals surface area contributed by atoms with Crippen molar-refractivity contribution in [1.82, 2.24) is 4.90 Å². The number of fused-ring (bicyclic) bond motifs is 3. The lowest BCUT2D eigenvalue weighted by Gasteiger charge is -2.44. The van der Waals surface area contributed by atoms with Crippen LogP contribution in [-0.2, 0) is 10.2 Å². The fourth-order valence-electron chi connectivity index (χ4n) is 9.87. The van der Waals surface area contributed by atoms with E-state index in [0.29, 0.717) is 5.92 Å². The molecule has 0 aromatic heterocycles. The lowest BCUT2D eigenvalue weighted by Crippen LogP contribution is -2.48. The van der Waals surface area contributed by atoms with Gasteiger partial charge in [0, 0.05) is 16.9 Å². The molecule has 0 unspecified atom stereocenters. The first-order chi connectivity index (χ1) is 21.4. The Labute approximate surface area is 268 Å². The summed E-state index contributed by atoms with van der Waals surface area (Å²) in [4.78, 5) is 2.51. The molecule has 2 aromatic carbocycles. The third-order valence-corrected chi connectivity index (χ3v) is 11.9. The van der Waals surface area contributed by atoms with Gasteiger partial charge in [0.2, 0.25) is 0 Å². The van der Waals surface area contributed by atoms with Gasteiger partial charge in [-0.15, -0.1) is 6.42 Å². The van der Waals surface area contributed by atoms with Crippen molar-refractivity contribution in [3.8, 4) is 23.5 Å². The van der Waals surface area contributed by atoms with E-state index in [1.54, 1.807) is 5.56 Å². The fourth-order valence-corrected chi connectivity index (χ4v) is 9.87. The largest absolute Gasteiger partial charge is 0.498 e. The number of nitrogens with zero attached hydrogens (tertiary/aromatic N) is 1. The number of unbranched alkanes of at least 4 members (excludes halogenated alkanes) is 6. The van der Waals surface area contributed by atoms with Crippen molar-refractivity contribution in [3.05, 3.63) is 76.6 Å². The summed E-state index contributed by atoms with van der Waals surface area (Å²) in [6.07, 6.45) is 29.0. The summed E-state index contributed by atoms with van der Waals surface area (Å²) in [6.45, 7) is 7.51. The molecule has 4 aliphatic rings. The summed E-state index contributed by atoms with van der Waals surface area (Å²) in [7, 11) is 4.58. The van der Waals surface area contributed by atoms with E-state index >= 15 is 0 Å². The third-order valence-electron chi connectivity index (χ3n) is 11.9. The van der Waals surface area contributed by atoms with Crippen molar-refractivity contribution >= 4 is 5.57 Å². The van der Waals surface area contributed by atoms with Gasteiger partial charge < -0.3 is 4.74 Å². The summed E-state index contributed by atoms with van der Waals surface area (Å²) in [5.74, 6) is 4.76. The average Bonchev–Trinajstić information content (AvgIpc) is 3.61. The van der Waals surface area contributed by atoms with Gasteiger partial charge in [-0.1, -0.05) is 108 Å². The second-order valence-electron chi connectivity index (χ2n) is 14.4. The highest BCUT2D eigenvalue weighted by Gasteiger charge is 2.65. The van der Waals surface area contributed by atoms with Gasteiger partial charge in [0.25, 0.3) is 0 Å². The standard InChI is InChI=1S/C42H55NO/c1-7-11-13-16-24-40(25-17-14-12-8-2)35-27-31(9-3)20-22-33(35)34-23-21-32(28-36(34)40)37-29-41-26-18-15-19-38(41)42(37,43(5)6)30-39(41)44-10-4/h3,20-23,27-30,38H,7-8,10-19,24-26H2,1-2,4-6H3/t38-,41-,42-/m0/s1. The molecular formula is C42H55NO. The first kappa shape index (κ1) is 31.2. The van der Waals surface area contributed by atoms with E-state index in [4.69, 9.17) is 11.2 Å². The van der Waals surface area contributed by atoms with Gasteiger partial charge in [0.05, 0.1) is 17.6 Å². The number of benzene rings is 2. The molecule has 6 rings (SSSR count). The minimum absolute atomic E-state index is 0.0237. The number of hydrogen-bond acceptors (Lipinski definition) is 2. The normalized spacial score (nSPS) is 25.7. The second-order valence-corrected chi connectivity index (χ2v) is 14.4. The monoisotopic (exact) mass is 589 g/mol. The topological polar surface area (TPSA) is 12.5 Å². The molecule has 1 saturated carbocycles. The predicted molar refractivity (Wildman–Crippen MR) is 187 cm³/mol. The zero-order valence-corrected chi connectivity index (χ0v) is 28.2. The van der Waals surface area contributed by atoms with Crippen LogP contribution in [-0.4, -0.2) is 31.1 Å². The zero-order chi connectivity index (χ0) is 31.0. The van der Waals surface area contributed by atoms with Crippen LogP contribution in [0.5, 0.6) is 0 Å². The first-order valence-electron chi connectivity index (χ1n) is 17.9. The van der Waals surface area contributed by atoms with E-state index < -0.39 is 0 Å². The van der Waals surface area contributed by atoms with Gasteiger partial charge in [-0.05, 0) is 104 Å². The van der Waals surface area contributed by atoms with Crippen LogP contribution in [0, 0.1) is 23.7 Å². The fraction of sp³-hybridized carbons (Fsp3) is 0.571. The van der Waals surface area contributed by atoms with Crippen molar-refractivity contribution in [1.29, 1.82) is 0 Å². The molecule has 0 N–H and O–H groups in total. The van der Waals surface area contributed by atoms with Gasteiger partial charge in [0.15, 0.2) is 0 Å². The van der Waals surface area contributed by atoms with E-state index in [0.717, 1.165) is 12.2 Å². The number of terminal acetylenes is 1. The SMILES string of the molecule is C#Cc1ccc2c(c1)C(CCCCCC)(CCCCCC)c1cc(C3=C[C@@]45CCCC[C@@H]4[C@]3(N(C)C)C=C5OCC)ccc1-2. The second kappa shape index (κ2) is 12.6. The lowest BCUT2D eigenvalue weighted by atomic mass is 9.66. The molecule has 2 bridgehead atoms. The van der Waals surface area contributed by atoms with Gasteiger partial charge in [-0.25, -0.2) is 0 Å². The van der Waals surface area contributed by atoms with Crippen molar-refractivity contribution in [2.24, 2.45) is 11.3 Å². The number of hydrogen-bond donors (Lipinski definition) is 0. The van der Waals surface area contributed by atoms with E-state index in [2.05, 4.69) is 94.2 Å². The molecule has 0 aliphatic heterocycles. The Hall–Kier alpha value is -2.76. The van der Waals surface area contributed by atoms with Crippen LogP contribution in [0.4, 0.5) is 0 Å². The Bertz CT molecular complexity index is 1460. The summed E-state index contributed by atoms with van der Waals surface area (Å²) >= 11 is 0. The molecule has 0 spiro atoms. The number of rotatable bonds is 14. The third kappa shape index (κ3) is 4.72. The Kier molecular flexibility index (Phi) is 8.91. The van der Waals surface area contributed by atoms with Gasteiger partial charge in [-0.3, -0.25) is 4.90 Å². The molecular weight excluding hydrogens is 534 g/mol. The van der Waals surface area contributed by atoms with Crippen LogP contribution in [0.15, 0.2) is 54.3 Å². The molecule has 4 aliphatic carbocycles. The molecule has 0 radical (unpaired) electrons. The van der Waals surface area contributed by atoms with Crippen molar-refractivity contribution in [2.75, 3.05) is 20.7 Å². The Morgan fingerprint density at radius 1 is 0.841 bits per heavy atom. The Balaban J connectivity index is 1.50. The highest BCUT2D eigenvalue weighted by Crippen LogP contribution is 2.68. The lowest BCUT2D eigenvalue weighted by molar-refractivity contribution is 0.0759. The quantitative estimate of drug-likeness (QED) is 0.161. The number of allylic oxidation sites excluding steroid dienone is 1. The minimum atomic E-state index is -0.119. The summed E-state index contributed by atoms with van der Waals surface area (Å²) in [5.41, 5.74) is 9.76. The zero-order valence-electron chi connectivity index (χ0n) is 28.2. The molecule has 2 heteroatoms. The molecule has 2 aromatic rings. The maximum Gasteiger partial charge on any atom is 0.104 e. The number of likely N-dealkylation sites (N-methyl/N-ethyl adjacent to an activating group) is 1. The smallest absolute Gasteiger partial charge is 0.104 e. The van der Waals surface area contributed by atoms with E-state index in [-0.39, 0.29) is 16.4 Å². The van der Waals surface area contributed by atoms with Crippen molar-refractivity contribution in [3.63, 3.8) is 0 Å². The maximum atomic E-state index is 6.43. The summed E-state index contributed by atoms with van der Waals surface area (Å²) in [5, 5.41) is 0. The van der Waals surface area contributed by atoms with E-state index in [9.17, 15) is 0 Å². The minimum Gasteiger partial charge on any atom is -0.498 e. The Morgan fingerprint density at radius 2 is 1.52 bits per heavy atom. The summed E-state index contributed by atoms with van der Waals surface area (Å²) in [6, 6.07) is 14.4. The molecule has 234 valence electrons. The molecule has 3 atom stereocenters. The van der Waals surface area contributed by atoms with Gasteiger partial charge in [0.1, 0.15) is 5.76 Å². The van der Waals surface area contributed by atoms with Gasteiger partial charge >= 0.3 is 0 Å². The molecule has 44 heavy (non-hydrogen) atoms. The molecule has 0 heterocycles. The highest BCUT2D eigenvalue weighted by molar-refractivity contribution is 5.88. The van der Waals surface area contributed by atoms with Crippen molar-refractivity contribution in [2.45, 2.75) is 122 Å². The highest BCUT2D eigenvalue weighted by atomic mass is 16.5. The van der Waals surface area contributed by atoms with E-state index in [1.165, 1.54) is 123 Å². The molecule has 0 amide bonds. The van der Waals surface area contributed by atoms with Gasteiger partial charge in [-0.2, -0.15) is 0 Å². The van der Waals surface area contributed by atoms with Crippen LogP contribution in [0.2, 0.25) is 0 Å². The molecule has 0 saturated heterocycles.